The Balaban J connectivity index is 1.98. The van der Waals surface area contributed by atoms with E-state index in [1.807, 2.05) is 29.6 Å². The van der Waals surface area contributed by atoms with Crippen molar-refractivity contribution in [3.05, 3.63) is 46.0 Å². The van der Waals surface area contributed by atoms with E-state index in [0.717, 1.165) is 5.56 Å². The lowest BCUT2D eigenvalue weighted by atomic mass is 10.2. The standard InChI is InChI=1S/C12H13NO2S2/c14-13(15)11-5-2-10(3-6-11)4-7-12-16-8-1-9-17-12/h2-7,12H,1,8-9H2/b7-4+. The molecular weight excluding hydrogens is 254 g/mol. The van der Waals surface area contributed by atoms with Crippen molar-refractivity contribution in [2.45, 2.75) is 11.0 Å². The van der Waals surface area contributed by atoms with Crippen molar-refractivity contribution >= 4 is 35.3 Å². The summed E-state index contributed by atoms with van der Waals surface area (Å²) in [5, 5.41) is 10.5. The van der Waals surface area contributed by atoms with Gasteiger partial charge in [0.25, 0.3) is 5.69 Å². The van der Waals surface area contributed by atoms with Gasteiger partial charge in [0.15, 0.2) is 0 Å². The van der Waals surface area contributed by atoms with Crippen LogP contribution in [0.5, 0.6) is 0 Å². The molecule has 0 unspecified atom stereocenters. The van der Waals surface area contributed by atoms with E-state index < -0.39 is 0 Å². The second kappa shape index (κ2) is 6.12. The molecule has 1 aromatic carbocycles. The average molecular weight is 267 g/mol. The van der Waals surface area contributed by atoms with Gasteiger partial charge in [-0.05, 0) is 35.6 Å². The first-order chi connectivity index (χ1) is 8.25. The molecule has 17 heavy (non-hydrogen) atoms. The summed E-state index contributed by atoms with van der Waals surface area (Å²) in [5.41, 5.74) is 1.16. The van der Waals surface area contributed by atoms with Crippen molar-refractivity contribution in [2.75, 3.05) is 11.5 Å². The van der Waals surface area contributed by atoms with Gasteiger partial charge >= 0.3 is 0 Å². The third kappa shape index (κ3) is 3.78. The monoisotopic (exact) mass is 267 g/mol. The normalized spacial score (nSPS) is 17.4. The third-order valence-electron chi connectivity index (χ3n) is 2.40. The topological polar surface area (TPSA) is 43.1 Å². The van der Waals surface area contributed by atoms with Crippen LogP contribution < -0.4 is 0 Å². The van der Waals surface area contributed by atoms with Gasteiger partial charge in [0.1, 0.15) is 0 Å². The summed E-state index contributed by atoms with van der Waals surface area (Å²) in [6.45, 7) is 0. The summed E-state index contributed by atoms with van der Waals surface area (Å²) in [6.07, 6.45) is 5.51. The van der Waals surface area contributed by atoms with Gasteiger partial charge in [-0.25, -0.2) is 0 Å². The lowest BCUT2D eigenvalue weighted by molar-refractivity contribution is -0.384. The summed E-state index contributed by atoms with van der Waals surface area (Å²) < 4.78 is 0.527. The van der Waals surface area contributed by atoms with Crippen LogP contribution in [0.3, 0.4) is 0 Å². The van der Waals surface area contributed by atoms with Crippen molar-refractivity contribution in [3.8, 4) is 0 Å². The smallest absolute Gasteiger partial charge is 0.258 e. The molecule has 0 amide bonds. The van der Waals surface area contributed by atoms with E-state index in [1.54, 1.807) is 24.3 Å². The van der Waals surface area contributed by atoms with Crippen LogP contribution in [0, 0.1) is 10.1 Å². The van der Waals surface area contributed by atoms with Gasteiger partial charge in [0.2, 0.25) is 0 Å². The molecule has 1 fully saturated rings. The zero-order valence-electron chi connectivity index (χ0n) is 9.24. The first-order valence-electron chi connectivity index (χ1n) is 5.41. The molecule has 1 aromatic rings. The summed E-state index contributed by atoms with van der Waals surface area (Å²) in [7, 11) is 0. The minimum Gasteiger partial charge on any atom is -0.258 e. The molecule has 90 valence electrons. The van der Waals surface area contributed by atoms with E-state index in [-0.39, 0.29) is 10.6 Å². The van der Waals surface area contributed by atoms with Crippen LogP contribution in [0.4, 0.5) is 5.69 Å². The molecule has 0 aliphatic carbocycles. The summed E-state index contributed by atoms with van der Waals surface area (Å²) in [4.78, 5) is 10.1. The number of benzene rings is 1. The van der Waals surface area contributed by atoms with Crippen LogP contribution in [0.2, 0.25) is 0 Å². The zero-order valence-corrected chi connectivity index (χ0v) is 10.9. The van der Waals surface area contributed by atoms with Crippen LogP contribution >= 0.6 is 23.5 Å². The molecule has 1 saturated heterocycles. The van der Waals surface area contributed by atoms with E-state index in [1.165, 1.54) is 17.9 Å². The molecule has 0 spiro atoms. The highest BCUT2D eigenvalue weighted by Gasteiger charge is 2.10. The first kappa shape index (κ1) is 12.5. The molecule has 5 heteroatoms. The van der Waals surface area contributed by atoms with Crippen molar-refractivity contribution in [3.63, 3.8) is 0 Å². The Kier molecular flexibility index (Phi) is 4.50. The van der Waals surface area contributed by atoms with Crippen LogP contribution in [0.25, 0.3) is 6.08 Å². The Bertz CT molecular complexity index is 411. The van der Waals surface area contributed by atoms with Crippen molar-refractivity contribution in [2.24, 2.45) is 0 Å². The molecule has 3 nitrogen and oxygen atoms in total. The molecule has 0 saturated carbocycles. The van der Waals surface area contributed by atoms with Gasteiger partial charge in [-0.15, -0.1) is 23.5 Å². The quantitative estimate of drug-likeness (QED) is 0.617. The predicted octanol–water partition coefficient (Wildman–Crippen LogP) is 3.80. The van der Waals surface area contributed by atoms with Crippen LogP contribution in [-0.4, -0.2) is 21.0 Å². The Hall–Kier alpha value is -0.940. The maximum Gasteiger partial charge on any atom is 0.269 e. The van der Waals surface area contributed by atoms with Gasteiger partial charge in [-0.1, -0.05) is 12.2 Å². The van der Waals surface area contributed by atoms with E-state index >= 15 is 0 Å². The molecule has 0 N–H and O–H groups in total. The minimum absolute atomic E-state index is 0.142. The second-order valence-corrected chi connectivity index (χ2v) is 6.47. The van der Waals surface area contributed by atoms with Gasteiger partial charge < -0.3 is 0 Å². The molecule has 0 atom stereocenters. The lowest BCUT2D eigenvalue weighted by Gasteiger charge is -2.17. The van der Waals surface area contributed by atoms with E-state index in [4.69, 9.17) is 0 Å². The molecule has 0 bridgehead atoms. The van der Waals surface area contributed by atoms with E-state index in [9.17, 15) is 10.1 Å². The third-order valence-corrected chi connectivity index (χ3v) is 5.24. The summed E-state index contributed by atoms with van der Waals surface area (Å²) in [6, 6.07) is 6.65. The summed E-state index contributed by atoms with van der Waals surface area (Å²) in [5.74, 6) is 2.45. The van der Waals surface area contributed by atoms with Crippen molar-refractivity contribution in [1.82, 2.24) is 0 Å². The fourth-order valence-corrected chi connectivity index (χ4v) is 4.12. The fourth-order valence-electron chi connectivity index (χ4n) is 1.51. The number of thioether (sulfide) groups is 2. The summed E-state index contributed by atoms with van der Waals surface area (Å²) >= 11 is 3.92. The highest BCUT2D eigenvalue weighted by molar-refractivity contribution is 8.17. The predicted molar refractivity (Wildman–Crippen MR) is 75.5 cm³/mol. The number of nitro benzene ring substituents is 1. The van der Waals surface area contributed by atoms with Crippen molar-refractivity contribution in [1.29, 1.82) is 0 Å². The second-order valence-electron chi connectivity index (χ2n) is 3.67. The first-order valence-corrected chi connectivity index (χ1v) is 7.51. The molecule has 2 rings (SSSR count). The highest BCUT2D eigenvalue weighted by Crippen LogP contribution is 2.31. The minimum atomic E-state index is -0.375. The Labute approximate surface area is 109 Å². The highest BCUT2D eigenvalue weighted by atomic mass is 32.2. The Morgan fingerprint density at radius 2 is 1.88 bits per heavy atom. The van der Waals surface area contributed by atoms with E-state index in [0.29, 0.717) is 4.58 Å². The maximum atomic E-state index is 10.5. The average Bonchev–Trinajstić information content (AvgIpc) is 2.38. The van der Waals surface area contributed by atoms with Gasteiger partial charge in [0, 0.05) is 12.1 Å². The zero-order chi connectivity index (χ0) is 12.1. The molecule has 0 aromatic heterocycles. The van der Waals surface area contributed by atoms with Crippen LogP contribution in [0.1, 0.15) is 12.0 Å². The molecule has 0 radical (unpaired) electrons. The van der Waals surface area contributed by atoms with Crippen LogP contribution in [-0.2, 0) is 0 Å². The number of nitrogens with zero attached hydrogens (tertiary/aromatic N) is 1. The molecule has 1 heterocycles. The SMILES string of the molecule is O=[N+]([O-])c1ccc(/C=C/C2SCCCS2)cc1. The number of non-ortho nitro benzene ring substituents is 1. The van der Waals surface area contributed by atoms with Crippen LogP contribution in [0.15, 0.2) is 30.3 Å². The Morgan fingerprint density at radius 1 is 1.24 bits per heavy atom. The Morgan fingerprint density at radius 3 is 2.47 bits per heavy atom. The number of nitro groups is 1. The van der Waals surface area contributed by atoms with Gasteiger partial charge in [0.05, 0.1) is 9.51 Å². The lowest BCUT2D eigenvalue weighted by Crippen LogP contribution is -2.02. The molecule has 1 aliphatic heterocycles. The largest absolute Gasteiger partial charge is 0.269 e. The van der Waals surface area contributed by atoms with Gasteiger partial charge in [-0.2, -0.15) is 0 Å². The van der Waals surface area contributed by atoms with Gasteiger partial charge in [-0.3, -0.25) is 10.1 Å². The number of hydrogen-bond donors (Lipinski definition) is 0. The maximum absolute atomic E-state index is 10.5. The molecule has 1 aliphatic rings. The number of rotatable bonds is 3. The van der Waals surface area contributed by atoms with E-state index in [2.05, 4.69) is 6.08 Å². The van der Waals surface area contributed by atoms with Crippen molar-refractivity contribution < 1.29 is 4.92 Å². The number of hydrogen-bond acceptors (Lipinski definition) is 4. The fraction of sp³-hybridized carbons (Fsp3) is 0.333. The molecular formula is C12H13NO2S2.